The van der Waals surface area contributed by atoms with Crippen LogP contribution in [0.4, 0.5) is 0 Å². The smallest absolute Gasteiger partial charge is 0.277 e. The normalized spacial score (nSPS) is 21.3. The van der Waals surface area contributed by atoms with Gasteiger partial charge in [0.05, 0.1) is 6.54 Å². The molecule has 0 radical (unpaired) electrons. The Balaban J connectivity index is 1.26. The molecular formula is C24H25N5O6. The number of aromatic nitrogens is 2. The molecule has 11 heteroatoms. The molecule has 1 aromatic carbocycles. The van der Waals surface area contributed by atoms with E-state index in [1.54, 1.807) is 7.05 Å². The standard InChI is InChI=1S/C24H25N5O6/c1-28(18-12-21(31)29(24(18)33)17-5-6-19(30)25-23(17)32)13-20-26-22(27-35-20)16-4-2-3-15(11-16)14-7-9-34-10-8-14/h2-4,11-12,14,17H,5-10,13H2,1H3,(H,25,30,32). The van der Waals surface area contributed by atoms with Gasteiger partial charge in [0, 0.05) is 38.3 Å². The van der Waals surface area contributed by atoms with Crippen LogP contribution in [0.2, 0.25) is 0 Å². The van der Waals surface area contributed by atoms with Gasteiger partial charge in [-0.3, -0.25) is 29.4 Å². The van der Waals surface area contributed by atoms with Gasteiger partial charge in [-0.25, -0.2) is 0 Å². The molecule has 2 saturated heterocycles. The maximum Gasteiger partial charge on any atom is 0.277 e. The number of benzene rings is 1. The second-order valence-corrected chi connectivity index (χ2v) is 8.89. The maximum atomic E-state index is 12.9. The van der Waals surface area contributed by atoms with Crippen molar-refractivity contribution in [2.75, 3.05) is 20.3 Å². The third kappa shape index (κ3) is 4.59. The Kier molecular flexibility index (Phi) is 6.16. The second kappa shape index (κ2) is 9.41. The molecule has 1 atom stereocenters. The van der Waals surface area contributed by atoms with Crippen molar-refractivity contribution in [1.82, 2.24) is 25.3 Å². The van der Waals surface area contributed by atoms with E-state index in [0.29, 0.717) is 11.7 Å². The predicted molar refractivity (Wildman–Crippen MR) is 120 cm³/mol. The zero-order valence-electron chi connectivity index (χ0n) is 19.2. The van der Waals surface area contributed by atoms with Gasteiger partial charge in [-0.15, -0.1) is 0 Å². The van der Waals surface area contributed by atoms with Crippen molar-refractivity contribution in [3.8, 4) is 11.4 Å². The largest absolute Gasteiger partial charge is 0.381 e. The summed E-state index contributed by atoms with van der Waals surface area (Å²) in [7, 11) is 1.63. The number of likely N-dealkylation sites (N-methyl/N-ethyl adjacent to an activating group) is 1. The number of nitrogens with zero attached hydrogens (tertiary/aromatic N) is 4. The Morgan fingerprint density at radius 3 is 2.71 bits per heavy atom. The van der Waals surface area contributed by atoms with Crippen LogP contribution in [0.3, 0.4) is 0 Å². The molecule has 2 aromatic rings. The van der Waals surface area contributed by atoms with E-state index in [1.165, 1.54) is 16.5 Å². The number of amides is 4. The Bertz CT molecular complexity index is 1210. The SMILES string of the molecule is CN(Cc1nc(-c2cccc(C3CCOCC3)c2)no1)C1=CC(=O)N(C2CCC(=O)NC2=O)C1=O. The summed E-state index contributed by atoms with van der Waals surface area (Å²) in [4.78, 5) is 55.9. The molecular weight excluding hydrogens is 454 g/mol. The minimum Gasteiger partial charge on any atom is -0.381 e. The van der Waals surface area contributed by atoms with Crippen LogP contribution in [0.1, 0.15) is 43.1 Å². The second-order valence-electron chi connectivity index (χ2n) is 8.89. The summed E-state index contributed by atoms with van der Waals surface area (Å²) in [6.45, 7) is 1.61. The fraction of sp³-hybridized carbons (Fsp3) is 0.417. The molecule has 0 aliphatic carbocycles. The Labute approximate surface area is 201 Å². The lowest BCUT2D eigenvalue weighted by Gasteiger charge is -2.29. The van der Waals surface area contributed by atoms with Crippen molar-refractivity contribution < 1.29 is 28.4 Å². The monoisotopic (exact) mass is 479 g/mol. The van der Waals surface area contributed by atoms with Gasteiger partial charge in [0.1, 0.15) is 11.7 Å². The van der Waals surface area contributed by atoms with Crippen LogP contribution < -0.4 is 5.32 Å². The molecule has 1 aromatic heterocycles. The van der Waals surface area contributed by atoms with Gasteiger partial charge in [0.25, 0.3) is 11.8 Å². The first-order chi connectivity index (χ1) is 16.9. The molecule has 0 saturated carbocycles. The zero-order valence-corrected chi connectivity index (χ0v) is 19.2. The Hall–Kier alpha value is -3.86. The number of nitrogens with one attached hydrogen (secondary N) is 1. The van der Waals surface area contributed by atoms with Crippen LogP contribution in [-0.4, -0.2) is 69.9 Å². The molecule has 4 heterocycles. The molecule has 182 valence electrons. The molecule has 0 bridgehead atoms. The highest BCUT2D eigenvalue weighted by Gasteiger charge is 2.43. The highest BCUT2D eigenvalue weighted by atomic mass is 16.5. The predicted octanol–water partition coefficient (Wildman–Crippen LogP) is 1.12. The Morgan fingerprint density at radius 2 is 1.94 bits per heavy atom. The summed E-state index contributed by atoms with van der Waals surface area (Å²) in [6.07, 6.45) is 3.31. The molecule has 1 N–H and O–H groups in total. The lowest BCUT2D eigenvalue weighted by Crippen LogP contribution is -2.54. The van der Waals surface area contributed by atoms with Crippen molar-refractivity contribution in [3.63, 3.8) is 0 Å². The fourth-order valence-corrected chi connectivity index (χ4v) is 4.66. The van der Waals surface area contributed by atoms with Crippen molar-refractivity contribution in [2.24, 2.45) is 0 Å². The highest BCUT2D eigenvalue weighted by molar-refractivity contribution is 6.18. The van der Waals surface area contributed by atoms with Crippen molar-refractivity contribution >= 4 is 23.6 Å². The highest BCUT2D eigenvalue weighted by Crippen LogP contribution is 2.30. The number of piperidine rings is 1. The van der Waals surface area contributed by atoms with Gasteiger partial charge in [0.15, 0.2) is 0 Å². The number of carbonyl (C=O) groups excluding carboxylic acids is 4. The van der Waals surface area contributed by atoms with E-state index in [1.807, 2.05) is 12.1 Å². The molecule has 2 fully saturated rings. The van der Waals surface area contributed by atoms with E-state index in [4.69, 9.17) is 9.26 Å². The molecule has 4 amide bonds. The lowest BCUT2D eigenvalue weighted by atomic mass is 9.91. The maximum absolute atomic E-state index is 12.9. The van der Waals surface area contributed by atoms with E-state index >= 15 is 0 Å². The van der Waals surface area contributed by atoms with E-state index in [2.05, 4.69) is 27.6 Å². The molecule has 3 aliphatic heterocycles. The summed E-state index contributed by atoms with van der Waals surface area (Å²) < 4.78 is 10.9. The van der Waals surface area contributed by atoms with Gasteiger partial charge in [-0.2, -0.15) is 4.98 Å². The van der Waals surface area contributed by atoms with Crippen molar-refractivity contribution in [2.45, 2.75) is 44.2 Å². The number of hydrogen-bond acceptors (Lipinski definition) is 9. The number of imide groups is 2. The van der Waals surface area contributed by atoms with Gasteiger partial charge in [-0.05, 0) is 36.8 Å². The first kappa shape index (κ1) is 22.9. The van der Waals surface area contributed by atoms with Crippen molar-refractivity contribution in [3.05, 3.63) is 47.5 Å². The minimum atomic E-state index is -1.01. The van der Waals surface area contributed by atoms with Crippen molar-refractivity contribution in [1.29, 1.82) is 0 Å². The van der Waals surface area contributed by atoms with E-state index in [0.717, 1.165) is 36.5 Å². The topological polar surface area (TPSA) is 135 Å². The summed E-state index contributed by atoms with van der Waals surface area (Å²) in [5.74, 6) is -1.11. The summed E-state index contributed by atoms with van der Waals surface area (Å²) in [6, 6.07) is 7.04. The van der Waals surface area contributed by atoms with Gasteiger partial charge >= 0.3 is 0 Å². The fourth-order valence-electron chi connectivity index (χ4n) is 4.66. The van der Waals surface area contributed by atoms with Crippen LogP contribution in [0.15, 0.2) is 40.6 Å². The molecule has 1 unspecified atom stereocenters. The Morgan fingerprint density at radius 1 is 1.14 bits per heavy atom. The number of rotatable bonds is 6. The van der Waals surface area contributed by atoms with Crippen LogP contribution in [0.25, 0.3) is 11.4 Å². The minimum absolute atomic E-state index is 0.0686. The number of hydrogen-bond donors (Lipinski definition) is 1. The first-order valence-electron chi connectivity index (χ1n) is 11.6. The van der Waals surface area contributed by atoms with Crippen LogP contribution in [0, 0.1) is 0 Å². The average molecular weight is 479 g/mol. The van der Waals surface area contributed by atoms with Gasteiger partial charge in [-0.1, -0.05) is 23.4 Å². The van der Waals surface area contributed by atoms with Crippen LogP contribution in [0.5, 0.6) is 0 Å². The first-order valence-corrected chi connectivity index (χ1v) is 11.6. The average Bonchev–Trinajstić information content (AvgIpc) is 3.44. The van der Waals surface area contributed by atoms with E-state index in [-0.39, 0.29) is 31.0 Å². The van der Waals surface area contributed by atoms with Crippen LogP contribution >= 0.6 is 0 Å². The number of ether oxygens (including phenoxy) is 1. The molecule has 3 aliphatic rings. The van der Waals surface area contributed by atoms with E-state index < -0.39 is 29.7 Å². The molecule has 35 heavy (non-hydrogen) atoms. The quantitative estimate of drug-likeness (QED) is 0.605. The summed E-state index contributed by atoms with van der Waals surface area (Å²) in [5, 5.41) is 6.26. The van der Waals surface area contributed by atoms with Gasteiger partial charge in [0.2, 0.25) is 23.5 Å². The lowest BCUT2D eigenvalue weighted by molar-refractivity contribution is -0.150. The molecule has 5 rings (SSSR count). The zero-order chi connectivity index (χ0) is 24.5. The summed E-state index contributed by atoms with van der Waals surface area (Å²) >= 11 is 0. The third-order valence-corrected chi connectivity index (χ3v) is 6.55. The molecule has 11 nitrogen and oxygen atoms in total. The van der Waals surface area contributed by atoms with Crippen LogP contribution in [-0.2, 0) is 30.5 Å². The molecule has 0 spiro atoms. The summed E-state index contributed by atoms with van der Waals surface area (Å²) in [5.41, 5.74) is 2.16. The van der Waals surface area contributed by atoms with E-state index in [9.17, 15) is 19.2 Å². The third-order valence-electron chi connectivity index (χ3n) is 6.55. The van der Waals surface area contributed by atoms with Gasteiger partial charge < -0.3 is 14.2 Å². The number of carbonyl (C=O) groups is 4.